The summed E-state index contributed by atoms with van der Waals surface area (Å²) in [6.07, 6.45) is 4.47. The maximum absolute atomic E-state index is 10.2. The van der Waals surface area contributed by atoms with E-state index in [4.69, 9.17) is 9.47 Å². The summed E-state index contributed by atoms with van der Waals surface area (Å²) in [5.74, 6) is 1.64. The van der Waals surface area contributed by atoms with Crippen LogP contribution in [0.1, 0.15) is 55.3 Å². The van der Waals surface area contributed by atoms with Crippen LogP contribution in [0, 0.1) is 0 Å². The summed E-state index contributed by atoms with van der Waals surface area (Å²) in [7, 11) is 0. The van der Waals surface area contributed by atoms with Crippen LogP contribution in [0.4, 0.5) is 0 Å². The summed E-state index contributed by atoms with van der Waals surface area (Å²) in [5.41, 5.74) is 3.57. The van der Waals surface area contributed by atoms with Gasteiger partial charge >= 0.3 is 0 Å². The molecule has 4 nitrogen and oxygen atoms in total. The molecule has 4 heteroatoms. The van der Waals surface area contributed by atoms with Crippen molar-refractivity contribution in [3.05, 3.63) is 95.6 Å². The van der Waals surface area contributed by atoms with Crippen LogP contribution in [0.5, 0.6) is 11.5 Å². The lowest BCUT2D eigenvalue weighted by molar-refractivity contribution is 0.115. The Morgan fingerprint density at radius 2 is 1.70 bits per heavy atom. The summed E-state index contributed by atoms with van der Waals surface area (Å²) in [4.78, 5) is 0. The normalized spacial score (nSPS) is 19.1. The number of hydrogen-bond donors (Lipinski definition) is 2. The van der Waals surface area contributed by atoms with E-state index in [1.807, 2.05) is 30.3 Å². The molecule has 1 saturated heterocycles. The van der Waals surface area contributed by atoms with Crippen molar-refractivity contribution in [2.24, 2.45) is 0 Å². The number of piperidine rings is 1. The number of ether oxygens (including phenoxy) is 2. The second-order valence-corrected chi connectivity index (χ2v) is 8.97. The second kappa shape index (κ2) is 11.9. The topological polar surface area (TPSA) is 50.7 Å². The third kappa shape index (κ3) is 7.08. The fourth-order valence-electron chi connectivity index (χ4n) is 4.40. The highest BCUT2D eigenvalue weighted by Gasteiger charge is 2.24. The summed E-state index contributed by atoms with van der Waals surface area (Å²) in [6.45, 7) is 3.43. The average Bonchev–Trinajstić information content (AvgIpc) is 2.84. The van der Waals surface area contributed by atoms with Gasteiger partial charge in [-0.2, -0.15) is 0 Å². The molecular formula is C29H35NO3. The van der Waals surface area contributed by atoms with Gasteiger partial charge in [-0.25, -0.2) is 0 Å². The first-order chi connectivity index (χ1) is 16.2. The minimum Gasteiger partial charge on any atom is -0.491 e. The second-order valence-electron chi connectivity index (χ2n) is 8.97. The number of benzene rings is 3. The molecule has 3 unspecified atom stereocenters. The van der Waals surface area contributed by atoms with Gasteiger partial charge in [0.1, 0.15) is 18.1 Å². The third-order valence-electron chi connectivity index (χ3n) is 6.23. The van der Waals surface area contributed by atoms with E-state index in [9.17, 15) is 5.11 Å². The van der Waals surface area contributed by atoms with Gasteiger partial charge < -0.3 is 19.9 Å². The van der Waals surface area contributed by atoms with Gasteiger partial charge in [0.25, 0.3) is 0 Å². The van der Waals surface area contributed by atoms with Crippen LogP contribution in [-0.4, -0.2) is 23.9 Å². The Morgan fingerprint density at radius 3 is 2.42 bits per heavy atom. The van der Waals surface area contributed by atoms with Crippen molar-refractivity contribution in [2.45, 2.75) is 63.9 Å². The zero-order chi connectivity index (χ0) is 22.9. The largest absolute Gasteiger partial charge is 0.491 e. The Balaban J connectivity index is 1.41. The number of nitrogens with one attached hydrogen (secondary N) is 1. The van der Waals surface area contributed by atoms with Gasteiger partial charge in [0.15, 0.2) is 0 Å². The van der Waals surface area contributed by atoms with E-state index in [0.29, 0.717) is 13.0 Å². The molecule has 1 heterocycles. The van der Waals surface area contributed by atoms with Gasteiger partial charge in [-0.15, -0.1) is 0 Å². The minimum absolute atomic E-state index is 0.0804. The zero-order valence-electron chi connectivity index (χ0n) is 19.5. The molecule has 0 aromatic heterocycles. The summed E-state index contributed by atoms with van der Waals surface area (Å²) >= 11 is 0. The zero-order valence-corrected chi connectivity index (χ0v) is 19.5. The van der Waals surface area contributed by atoms with Crippen LogP contribution in [-0.2, 0) is 13.0 Å². The highest BCUT2D eigenvalue weighted by atomic mass is 16.5. The molecule has 33 heavy (non-hydrogen) atoms. The van der Waals surface area contributed by atoms with Crippen LogP contribution in [0.25, 0.3) is 0 Å². The number of aliphatic hydroxyl groups is 1. The standard InChI is InChI=1S/C29H35NO3/c1-22(9-8-14-23-10-4-2-5-11-23)33-26-15-16-27(28-19-25(31)17-18-30-28)29(20-26)32-21-24-12-6-3-7-13-24/h2-7,10-13,15-16,20,22,25,28,30-31H,8-9,14,17-19,21H2,1H3. The molecule has 0 aliphatic carbocycles. The van der Waals surface area contributed by atoms with E-state index in [1.54, 1.807) is 0 Å². The molecule has 3 atom stereocenters. The van der Waals surface area contributed by atoms with Gasteiger partial charge in [-0.1, -0.05) is 66.7 Å². The number of rotatable bonds is 10. The predicted octanol–water partition coefficient (Wildman–Crippen LogP) is 5.84. The average molecular weight is 446 g/mol. The number of aryl methyl sites for hydroxylation is 1. The van der Waals surface area contributed by atoms with E-state index in [2.05, 4.69) is 60.8 Å². The lowest BCUT2D eigenvalue weighted by atomic mass is 9.94. The maximum Gasteiger partial charge on any atom is 0.128 e. The van der Waals surface area contributed by atoms with Crippen molar-refractivity contribution in [1.29, 1.82) is 0 Å². The van der Waals surface area contributed by atoms with Crippen molar-refractivity contribution in [2.75, 3.05) is 6.54 Å². The molecule has 3 aromatic carbocycles. The van der Waals surface area contributed by atoms with E-state index in [0.717, 1.165) is 54.9 Å². The molecule has 1 aliphatic rings. The fraction of sp³-hybridized carbons (Fsp3) is 0.379. The number of aliphatic hydroxyl groups excluding tert-OH is 1. The highest BCUT2D eigenvalue weighted by molar-refractivity contribution is 5.43. The molecule has 0 bridgehead atoms. The lowest BCUT2D eigenvalue weighted by Gasteiger charge is -2.29. The maximum atomic E-state index is 10.2. The molecule has 0 spiro atoms. The summed E-state index contributed by atoms with van der Waals surface area (Å²) < 4.78 is 12.5. The highest BCUT2D eigenvalue weighted by Crippen LogP contribution is 2.34. The summed E-state index contributed by atoms with van der Waals surface area (Å²) in [5, 5.41) is 13.7. The van der Waals surface area contributed by atoms with Crippen LogP contribution >= 0.6 is 0 Å². The van der Waals surface area contributed by atoms with Crippen LogP contribution in [0.15, 0.2) is 78.9 Å². The molecule has 0 amide bonds. The monoisotopic (exact) mass is 445 g/mol. The molecule has 0 radical (unpaired) electrons. The van der Waals surface area contributed by atoms with E-state index >= 15 is 0 Å². The molecule has 1 fully saturated rings. The molecular weight excluding hydrogens is 410 g/mol. The minimum atomic E-state index is -0.279. The van der Waals surface area contributed by atoms with Crippen molar-refractivity contribution < 1.29 is 14.6 Å². The first-order valence-electron chi connectivity index (χ1n) is 12.1. The summed E-state index contributed by atoms with van der Waals surface area (Å²) in [6, 6.07) is 27.0. The Hall–Kier alpha value is -2.82. The van der Waals surface area contributed by atoms with Crippen molar-refractivity contribution in [3.63, 3.8) is 0 Å². The van der Waals surface area contributed by atoms with Crippen LogP contribution in [0.2, 0.25) is 0 Å². The molecule has 3 aromatic rings. The van der Waals surface area contributed by atoms with E-state index < -0.39 is 0 Å². The van der Waals surface area contributed by atoms with Crippen LogP contribution < -0.4 is 14.8 Å². The van der Waals surface area contributed by atoms with Crippen molar-refractivity contribution in [3.8, 4) is 11.5 Å². The third-order valence-corrected chi connectivity index (χ3v) is 6.23. The molecule has 2 N–H and O–H groups in total. The Labute approximate surface area is 197 Å². The lowest BCUT2D eigenvalue weighted by Crippen LogP contribution is -2.34. The molecule has 4 rings (SSSR count). The van der Waals surface area contributed by atoms with E-state index in [1.165, 1.54) is 5.56 Å². The first-order valence-corrected chi connectivity index (χ1v) is 12.1. The Kier molecular flexibility index (Phi) is 8.40. The van der Waals surface area contributed by atoms with Crippen molar-refractivity contribution >= 4 is 0 Å². The smallest absolute Gasteiger partial charge is 0.128 e. The SMILES string of the molecule is CC(CCCc1ccccc1)Oc1ccc(C2CC(O)CCN2)c(OCc2ccccc2)c1. The van der Waals surface area contributed by atoms with E-state index in [-0.39, 0.29) is 18.2 Å². The molecule has 0 saturated carbocycles. The van der Waals surface area contributed by atoms with Gasteiger partial charge in [-0.05, 0) is 62.8 Å². The van der Waals surface area contributed by atoms with Gasteiger partial charge in [0.05, 0.1) is 12.2 Å². The van der Waals surface area contributed by atoms with Gasteiger partial charge in [-0.3, -0.25) is 0 Å². The van der Waals surface area contributed by atoms with Crippen molar-refractivity contribution in [1.82, 2.24) is 5.32 Å². The Bertz CT molecular complexity index is 977. The predicted molar refractivity (Wildman–Crippen MR) is 133 cm³/mol. The first kappa shape index (κ1) is 23.3. The van der Waals surface area contributed by atoms with Gasteiger partial charge in [0.2, 0.25) is 0 Å². The number of hydrogen-bond acceptors (Lipinski definition) is 4. The fourth-order valence-corrected chi connectivity index (χ4v) is 4.40. The van der Waals surface area contributed by atoms with Gasteiger partial charge in [0, 0.05) is 17.7 Å². The van der Waals surface area contributed by atoms with Crippen LogP contribution in [0.3, 0.4) is 0 Å². The molecule has 174 valence electrons. The quantitative estimate of drug-likeness (QED) is 0.412. The Morgan fingerprint density at radius 1 is 0.970 bits per heavy atom. The molecule has 1 aliphatic heterocycles.